The Morgan fingerprint density at radius 1 is 1.30 bits per heavy atom. The lowest BCUT2D eigenvalue weighted by molar-refractivity contribution is -0.123. The average Bonchev–Trinajstić information content (AvgIpc) is 3.18. The van der Waals surface area contributed by atoms with Crippen molar-refractivity contribution < 1.29 is 9.53 Å². The Bertz CT molecular complexity index is 1070. The largest absolute Gasteiger partial charge is 0.379 e. The standard InChI is InChI=1S/C29H38Cl2N4O2/c1-28(2,3)18-24-29(19-32,21-7-9-22(30)10-8-21)25(20-5-4-6-23(31)17-20)26(34-24)27(36)33-11-12-35-13-15-37-16-14-35/h4-7,9-10,17,21,24-26,34H,8,11-16,18H2,1-3H3,(H,33,36)/t21-,24?,25-,26+,29-/m0/s1. The Balaban J connectivity index is 1.69. The van der Waals surface area contributed by atoms with Gasteiger partial charge in [-0.1, -0.05) is 68.3 Å². The van der Waals surface area contributed by atoms with Crippen LogP contribution in [0.25, 0.3) is 0 Å². The number of hydrogen-bond donors (Lipinski definition) is 2. The summed E-state index contributed by atoms with van der Waals surface area (Å²) >= 11 is 12.7. The number of nitriles is 1. The minimum Gasteiger partial charge on any atom is -0.379 e. The smallest absolute Gasteiger partial charge is 0.237 e. The van der Waals surface area contributed by atoms with E-state index in [1.54, 1.807) is 0 Å². The minimum atomic E-state index is -0.866. The van der Waals surface area contributed by atoms with Crippen LogP contribution in [0.2, 0.25) is 5.02 Å². The zero-order chi connectivity index (χ0) is 26.6. The molecular formula is C29H38Cl2N4O2. The topological polar surface area (TPSA) is 77.4 Å². The van der Waals surface area contributed by atoms with Crippen molar-refractivity contribution in [3.8, 4) is 6.07 Å². The average molecular weight is 546 g/mol. The fourth-order valence-electron chi connectivity index (χ4n) is 6.12. The van der Waals surface area contributed by atoms with Crippen LogP contribution in [-0.2, 0) is 9.53 Å². The second-order valence-corrected chi connectivity index (χ2v) is 12.4. The first-order valence-electron chi connectivity index (χ1n) is 13.2. The van der Waals surface area contributed by atoms with E-state index >= 15 is 0 Å². The van der Waals surface area contributed by atoms with Gasteiger partial charge in [0, 0.05) is 54.1 Å². The summed E-state index contributed by atoms with van der Waals surface area (Å²) in [5, 5.41) is 19.1. The predicted molar refractivity (Wildman–Crippen MR) is 148 cm³/mol. The zero-order valence-corrected chi connectivity index (χ0v) is 23.5. The van der Waals surface area contributed by atoms with E-state index in [-0.39, 0.29) is 29.2 Å². The maximum atomic E-state index is 13.8. The number of halogens is 2. The van der Waals surface area contributed by atoms with Gasteiger partial charge in [-0.25, -0.2) is 0 Å². The van der Waals surface area contributed by atoms with Crippen LogP contribution in [0.3, 0.4) is 0 Å². The van der Waals surface area contributed by atoms with Crippen molar-refractivity contribution in [3.05, 3.63) is 58.1 Å². The molecule has 4 rings (SSSR count). The number of nitrogens with one attached hydrogen (secondary N) is 2. The molecule has 2 aliphatic heterocycles. The second kappa shape index (κ2) is 11.9. The van der Waals surface area contributed by atoms with Gasteiger partial charge in [0.2, 0.25) is 5.91 Å². The molecule has 6 nitrogen and oxygen atoms in total. The SMILES string of the molecule is CC(C)(C)CC1N[C@@H](C(=O)NCCN2CCOCC2)[C@H](c2cccc(Cl)c2)[C@@]1(C#N)[C@H]1C=CC(Cl)=CC1. The number of carbonyl (C=O) groups is 1. The van der Waals surface area contributed by atoms with E-state index in [9.17, 15) is 10.1 Å². The van der Waals surface area contributed by atoms with Gasteiger partial charge >= 0.3 is 0 Å². The molecule has 1 aliphatic carbocycles. The molecule has 1 unspecified atom stereocenters. The number of hydrogen-bond acceptors (Lipinski definition) is 5. The summed E-state index contributed by atoms with van der Waals surface area (Å²) in [6, 6.07) is 9.63. The maximum Gasteiger partial charge on any atom is 0.237 e. The third kappa shape index (κ3) is 6.41. The quantitative estimate of drug-likeness (QED) is 0.512. The summed E-state index contributed by atoms with van der Waals surface area (Å²) in [5.74, 6) is -0.565. The van der Waals surface area contributed by atoms with E-state index in [0.717, 1.165) is 44.8 Å². The van der Waals surface area contributed by atoms with Crippen molar-refractivity contribution in [2.24, 2.45) is 16.7 Å². The first-order valence-corrected chi connectivity index (χ1v) is 13.9. The van der Waals surface area contributed by atoms with Gasteiger partial charge in [0.15, 0.2) is 0 Å². The molecule has 5 atom stereocenters. The van der Waals surface area contributed by atoms with Gasteiger partial charge in [-0.15, -0.1) is 0 Å². The van der Waals surface area contributed by atoms with Gasteiger partial charge in [-0.2, -0.15) is 5.26 Å². The fourth-order valence-corrected chi connectivity index (χ4v) is 6.48. The van der Waals surface area contributed by atoms with Crippen LogP contribution < -0.4 is 10.6 Å². The molecule has 2 fully saturated rings. The molecule has 0 spiro atoms. The molecule has 37 heavy (non-hydrogen) atoms. The van der Waals surface area contributed by atoms with Crippen LogP contribution in [0, 0.1) is 28.1 Å². The van der Waals surface area contributed by atoms with E-state index in [1.165, 1.54) is 0 Å². The number of amides is 1. The van der Waals surface area contributed by atoms with Gasteiger partial charge < -0.3 is 15.4 Å². The van der Waals surface area contributed by atoms with Gasteiger partial charge in [0.05, 0.1) is 30.7 Å². The second-order valence-electron chi connectivity index (χ2n) is 11.6. The molecule has 3 aliphatic rings. The molecule has 0 saturated carbocycles. The molecule has 1 aromatic carbocycles. The van der Waals surface area contributed by atoms with E-state index in [2.05, 4.69) is 48.4 Å². The summed E-state index contributed by atoms with van der Waals surface area (Å²) in [5.41, 5.74) is -0.0126. The summed E-state index contributed by atoms with van der Waals surface area (Å²) in [7, 11) is 0. The molecule has 8 heteroatoms. The summed E-state index contributed by atoms with van der Waals surface area (Å²) in [6.45, 7) is 11.0. The van der Waals surface area contributed by atoms with Crippen LogP contribution >= 0.6 is 23.2 Å². The Hall–Kier alpha value is -1.88. The Morgan fingerprint density at radius 3 is 2.68 bits per heavy atom. The van der Waals surface area contributed by atoms with E-state index in [4.69, 9.17) is 27.9 Å². The highest BCUT2D eigenvalue weighted by Crippen LogP contribution is 2.55. The fraction of sp³-hybridized carbons (Fsp3) is 0.586. The number of carbonyl (C=O) groups excluding carboxylic acids is 1. The molecule has 2 heterocycles. The van der Waals surface area contributed by atoms with Crippen LogP contribution in [-0.4, -0.2) is 62.3 Å². The maximum absolute atomic E-state index is 13.8. The molecule has 2 N–H and O–H groups in total. The summed E-state index contributed by atoms with van der Waals surface area (Å²) in [4.78, 5) is 16.1. The van der Waals surface area contributed by atoms with Crippen molar-refractivity contribution in [2.75, 3.05) is 39.4 Å². The lowest BCUT2D eigenvalue weighted by Gasteiger charge is -2.42. The Labute approximate surface area is 231 Å². The van der Waals surface area contributed by atoms with Crippen molar-refractivity contribution in [1.29, 1.82) is 5.26 Å². The highest BCUT2D eigenvalue weighted by atomic mass is 35.5. The van der Waals surface area contributed by atoms with E-state index in [1.807, 2.05) is 36.4 Å². The number of morpholine rings is 1. The lowest BCUT2D eigenvalue weighted by Crippen LogP contribution is -2.48. The number of rotatable bonds is 7. The number of nitrogens with zero attached hydrogens (tertiary/aromatic N) is 2. The van der Waals surface area contributed by atoms with Crippen molar-refractivity contribution in [3.63, 3.8) is 0 Å². The highest BCUT2D eigenvalue weighted by molar-refractivity contribution is 6.31. The van der Waals surface area contributed by atoms with Crippen LogP contribution in [0.15, 0.2) is 47.5 Å². The minimum absolute atomic E-state index is 0.0494. The summed E-state index contributed by atoms with van der Waals surface area (Å²) < 4.78 is 5.43. The molecule has 0 bridgehead atoms. The third-order valence-electron chi connectivity index (χ3n) is 7.80. The molecule has 1 amide bonds. The zero-order valence-electron chi connectivity index (χ0n) is 22.0. The molecular weight excluding hydrogens is 507 g/mol. The molecule has 0 aromatic heterocycles. The van der Waals surface area contributed by atoms with Gasteiger partial charge in [0.1, 0.15) is 0 Å². The summed E-state index contributed by atoms with van der Waals surface area (Å²) in [6.07, 6.45) is 7.31. The first-order chi connectivity index (χ1) is 17.6. The number of allylic oxidation sites excluding steroid dienone is 4. The van der Waals surface area contributed by atoms with Crippen molar-refractivity contribution in [1.82, 2.24) is 15.5 Å². The third-order valence-corrected chi connectivity index (χ3v) is 8.32. The Kier molecular flexibility index (Phi) is 9.04. The molecule has 2 saturated heterocycles. The van der Waals surface area contributed by atoms with Crippen LogP contribution in [0.1, 0.15) is 45.1 Å². The van der Waals surface area contributed by atoms with Crippen molar-refractivity contribution >= 4 is 29.1 Å². The molecule has 200 valence electrons. The Morgan fingerprint density at radius 2 is 2.05 bits per heavy atom. The monoisotopic (exact) mass is 544 g/mol. The number of ether oxygens (including phenoxy) is 1. The van der Waals surface area contributed by atoms with E-state index in [0.29, 0.717) is 23.0 Å². The van der Waals surface area contributed by atoms with Gasteiger partial charge in [-0.05, 0) is 42.0 Å². The van der Waals surface area contributed by atoms with Crippen LogP contribution in [0.4, 0.5) is 0 Å². The lowest BCUT2D eigenvalue weighted by atomic mass is 9.59. The predicted octanol–water partition coefficient (Wildman–Crippen LogP) is 4.86. The van der Waals surface area contributed by atoms with Gasteiger partial charge in [0.25, 0.3) is 0 Å². The number of benzene rings is 1. The van der Waals surface area contributed by atoms with Crippen LogP contribution in [0.5, 0.6) is 0 Å². The van der Waals surface area contributed by atoms with E-state index < -0.39 is 11.5 Å². The van der Waals surface area contributed by atoms with Gasteiger partial charge in [-0.3, -0.25) is 9.69 Å². The first kappa shape index (κ1) is 28.1. The highest BCUT2D eigenvalue weighted by Gasteiger charge is 2.61. The molecule has 1 aromatic rings. The normalized spacial score (nSPS) is 30.5. The molecule has 0 radical (unpaired) electrons. The van der Waals surface area contributed by atoms with Crippen molar-refractivity contribution in [2.45, 2.75) is 51.6 Å².